The summed E-state index contributed by atoms with van der Waals surface area (Å²) >= 11 is 1.54. The van der Waals surface area contributed by atoms with Crippen molar-refractivity contribution in [1.29, 1.82) is 0 Å². The van der Waals surface area contributed by atoms with Crippen LogP contribution in [0.15, 0.2) is 90.5 Å². The number of rotatable bonds is 3. The summed E-state index contributed by atoms with van der Waals surface area (Å²) in [6.07, 6.45) is 21.9. The molecule has 0 N–H and O–H groups in total. The summed E-state index contributed by atoms with van der Waals surface area (Å²) in [4.78, 5) is 0. The van der Waals surface area contributed by atoms with E-state index in [9.17, 15) is 0 Å². The Morgan fingerprint density at radius 3 is 1.65 bits per heavy atom. The van der Waals surface area contributed by atoms with Crippen molar-refractivity contribution in [2.45, 2.75) is 112 Å². The molecule has 1 atom stereocenters. The van der Waals surface area contributed by atoms with Crippen LogP contribution >= 0.6 is 0 Å². The average Bonchev–Trinajstić information content (AvgIpc) is 3.83. The van der Waals surface area contributed by atoms with Crippen molar-refractivity contribution >= 4 is 35.9 Å². The summed E-state index contributed by atoms with van der Waals surface area (Å²) in [7, 11) is 0. The molecule has 0 saturated heterocycles. The van der Waals surface area contributed by atoms with E-state index in [1.165, 1.54) is 117 Å². The molecular formula is C51H58Cl2Zr-2. The van der Waals surface area contributed by atoms with Crippen LogP contribution in [0, 0.1) is 41.1 Å². The minimum Gasteiger partial charge on any atom is -1.00 e. The fourth-order valence-electron chi connectivity index (χ4n) is 11.6. The Bertz CT molecular complexity index is 2080. The van der Waals surface area contributed by atoms with Gasteiger partial charge in [0.15, 0.2) is 0 Å². The Balaban J connectivity index is 0.000000149. The van der Waals surface area contributed by atoms with Crippen LogP contribution in [0.3, 0.4) is 0 Å². The molecule has 4 saturated carbocycles. The van der Waals surface area contributed by atoms with Crippen LogP contribution in [-0.2, 0) is 35.1 Å². The number of allylic oxidation sites excluding steroid dienone is 8. The predicted octanol–water partition coefficient (Wildman–Crippen LogP) is 7.66. The van der Waals surface area contributed by atoms with Gasteiger partial charge in [0.2, 0.25) is 0 Å². The van der Waals surface area contributed by atoms with Crippen molar-refractivity contribution in [2.24, 2.45) is 35.0 Å². The minimum absolute atomic E-state index is 0. The summed E-state index contributed by atoms with van der Waals surface area (Å²) < 4.78 is 1.55. The number of hydrogen-bond donors (Lipinski definition) is 0. The molecule has 1 unspecified atom stereocenters. The Morgan fingerprint density at radius 2 is 1.22 bits per heavy atom. The first-order chi connectivity index (χ1) is 24.7. The molecule has 4 aromatic carbocycles. The van der Waals surface area contributed by atoms with Gasteiger partial charge in [-0.3, -0.25) is 6.08 Å². The zero-order valence-electron chi connectivity index (χ0n) is 34.0. The second kappa shape index (κ2) is 15.3. The first-order valence-electron chi connectivity index (χ1n) is 20.2. The second-order valence-electron chi connectivity index (χ2n) is 18.7. The van der Waals surface area contributed by atoms with Gasteiger partial charge in [-0.05, 0) is 91.9 Å². The monoisotopic (exact) mass is 830 g/mol. The van der Waals surface area contributed by atoms with Gasteiger partial charge in [-0.15, -0.1) is 39.7 Å². The normalized spacial score (nSPS) is 28.4. The molecule has 0 spiro atoms. The van der Waals surface area contributed by atoms with E-state index in [0.717, 1.165) is 23.7 Å². The topological polar surface area (TPSA) is 0 Å². The largest absolute Gasteiger partial charge is 1.00 e. The smallest absolute Gasteiger partial charge is 1.00 e. The third-order valence-corrected chi connectivity index (χ3v) is 15.8. The van der Waals surface area contributed by atoms with Crippen molar-refractivity contribution in [1.82, 2.24) is 0 Å². The van der Waals surface area contributed by atoms with E-state index in [2.05, 4.69) is 153 Å². The fourth-order valence-corrected chi connectivity index (χ4v) is 12.0. The quantitative estimate of drug-likeness (QED) is 0.186. The molecule has 54 heavy (non-hydrogen) atoms. The molecule has 4 bridgehead atoms. The first-order valence-corrected chi connectivity index (χ1v) is 21.5. The van der Waals surface area contributed by atoms with E-state index < -0.39 is 0 Å². The average molecular weight is 833 g/mol. The van der Waals surface area contributed by atoms with Gasteiger partial charge in [0.1, 0.15) is 0 Å². The van der Waals surface area contributed by atoms with E-state index in [4.69, 9.17) is 0 Å². The zero-order chi connectivity index (χ0) is 36.7. The van der Waals surface area contributed by atoms with Crippen LogP contribution < -0.4 is 24.8 Å². The molecule has 3 heteroatoms. The van der Waals surface area contributed by atoms with Crippen molar-refractivity contribution in [2.75, 3.05) is 0 Å². The molecule has 0 radical (unpaired) electrons. The molecule has 11 rings (SSSR count). The molecule has 7 aliphatic rings. The van der Waals surface area contributed by atoms with Gasteiger partial charge in [-0.1, -0.05) is 88.3 Å². The number of fused-ring (bicyclic) bond motifs is 5. The van der Waals surface area contributed by atoms with E-state index >= 15 is 0 Å². The summed E-state index contributed by atoms with van der Waals surface area (Å²) in [6.45, 7) is 20.8. The van der Waals surface area contributed by atoms with Gasteiger partial charge in [-0.25, -0.2) is 6.08 Å². The maximum Gasteiger partial charge on any atom is -1.00 e. The van der Waals surface area contributed by atoms with Crippen molar-refractivity contribution in [3.63, 3.8) is 0 Å². The molecule has 7 aliphatic carbocycles. The van der Waals surface area contributed by atoms with Crippen molar-refractivity contribution in [3.05, 3.63) is 124 Å². The molecule has 0 amide bonds. The van der Waals surface area contributed by atoms with E-state index in [-0.39, 0.29) is 35.6 Å². The minimum atomic E-state index is 0. The fraction of sp³-hybridized carbons (Fsp3) is 0.451. The molecular weight excluding hydrogens is 775 g/mol. The Labute approximate surface area is 353 Å². The summed E-state index contributed by atoms with van der Waals surface area (Å²) in [5.74, 6) is 4.68. The maximum absolute atomic E-state index is 3.49. The van der Waals surface area contributed by atoms with Crippen LogP contribution in [-0.4, -0.2) is 3.21 Å². The number of benzene rings is 3. The Morgan fingerprint density at radius 1 is 0.741 bits per heavy atom. The Hall–Kier alpha value is -2.18. The van der Waals surface area contributed by atoms with Crippen LogP contribution in [0.5, 0.6) is 0 Å². The third kappa shape index (κ3) is 7.16. The summed E-state index contributed by atoms with van der Waals surface area (Å²) in [5, 5.41) is 5.57. The number of halogens is 2. The Kier molecular flexibility index (Phi) is 11.7. The molecule has 0 nitrogen and oxygen atoms in total. The molecule has 0 heterocycles. The van der Waals surface area contributed by atoms with Gasteiger partial charge in [-0.2, -0.15) is 11.6 Å². The van der Waals surface area contributed by atoms with Gasteiger partial charge >= 0.3 is 76.7 Å². The molecule has 282 valence electrons. The van der Waals surface area contributed by atoms with Crippen molar-refractivity contribution < 1.29 is 49.0 Å². The standard InChI is InChI=1S/C25H25.C17H23.C9H10.2ClH.Zr/c1-14-12-24(3,4)22-8-16-7-17-9-23-19(15(2)13-25(23,5)6)11-21(17)20(16)10-18(14)22;1-11-3-4-14(5-11)17(2)15-7-12-6-13(9-15)10-16(17)8-12;1-2-6-9-7-4-3-5-8-9;;;/h7-13H,1-6H3;4-5,11-13,15-16H,6-10H2,1-2H3;3-5,7-8H,2H2,1H3;2*1H;/q2*-1;;;;+2/p-2. The van der Waals surface area contributed by atoms with Crippen molar-refractivity contribution in [3.8, 4) is 0 Å². The molecule has 0 aliphatic heterocycles. The van der Waals surface area contributed by atoms with Gasteiger partial charge < -0.3 is 24.8 Å². The van der Waals surface area contributed by atoms with Crippen LogP contribution in [0.1, 0.15) is 129 Å². The second-order valence-corrected chi connectivity index (χ2v) is 20.2. The number of hydrogen-bond acceptors (Lipinski definition) is 0. The molecule has 0 aromatic heterocycles. The third-order valence-electron chi connectivity index (χ3n) is 14.2. The maximum atomic E-state index is 3.49. The van der Waals surface area contributed by atoms with E-state index in [0.29, 0.717) is 11.3 Å². The van der Waals surface area contributed by atoms with Gasteiger partial charge in [0.05, 0.1) is 0 Å². The first kappa shape index (κ1) is 41.5. The van der Waals surface area contributed by atoms with E-state index in [1.54, 1.807) is 15.2 Å². The van der Waals surface area contributed by atoms with E-state index in [1.807, 2.05) is 0 Å². The van der Waals surface area contributed by atoms with Gasteiger partial charge in [0, 0.05) is 10.8 Å². The molecule has 4 fully saturated rings. The predicted molar refractivity (Wildman–Crippen MR) is 221 cm³/mol. The zero-order valence-corrected chi connectivity index (χ0v) is 37.9. The van der Waals surface area contributed by atoms with Gasteiger partial charge in [0.25, 0.3) is 0 Å². The summed E-state index contributed by atoms with van der Waals surface area (Å²) in [6, 6.07) is 22.7. The SMILES string of the molecule is CC1=CC(C)(C)c2cc3[cH-]c4cc5c(cc4c3cc21)C(C)=CC5(C)C.CC1[C-]=CC(C2(C)C3CC4CC(C3)CC2C4)=C1.CC[C](=[Zr+2])c1ccccc1.[Cl-].[Cl-]. The summed E-state index contributed by atoms with van der Waals surface area (Å²) in [5.41, 5.74) is 12.4. The van der Waals surface area contributed by atoms with Crippen LogP contribution in [0.4, 0.5) is 0 Å². The van der Waals surface area contributed by atoms with Crippen LogP contribution in [0.2, 0.25) is 0 Å². The van der Waals surface area contributed by atoms with Crippen LogP contribution in [0.25, 0.3) is 32.7 Å². The molecule has 4 aromatic rings.